The Morgan fingerprint density at radius 2 is 1.73 bits per heavy atom. The highest BCUT2D eigenvalue weighted by molar-refractivity contribution is 8.13. The van der Waals surface area contributed by atoms with Crippen LogP contribution >= 0.6 is 23.4 Å². The lowest BCUT2D eigenvalue weighted by Crippen LogP contribution is -2.41. The van der Waals surface area contributed by atoms with E-state index in [0.717, 1.165) is 22.7 Å². The molecule has 37 heavy (non-hydrogen) atoms. The van der Waals surface area contributed by atoms with Crippen LogP contribution in [0.4, 0.5) is 0 Å². The Labute approximate surface area is 222 Å². The van der Waals surface area contributed by atoms with Crippen LogP contribution in [0.25, 0.3) is 10.9 Å². The first-order valence-corrected chi connectivity index (χ1v) is 12.7. The molecule has 0 bridgehead atoms. The first-order valence-electron chi connectivity index (χ1n) is 11.4. The number of carbonyl (C=O) groups excluding carboxylic acids is 3. The summed E-state index contributed by atoms with van der Waals surface area (Å²) in [6.45, 7) is 0. The van der Waals surface area contributed by atoms with Gasteiger partial charge >= 0.3 is 5.97 Å². The number of fused-ring (bicyclic) bond motifs is 1. The molecule has 4 rings (SSSR count). The van der Waals surface area contributed by atoms with Gasteiger partial charge in [0, 0.05) is 39.7 Å². The Kier molecular flexibility index (Phi) is 8.43. The highest BCUT2D eigenvalue weighted by atomic mass is 35.5. The van der Waals surface area contributed by atoms with Crippen molar-refractivity contribution in [3.63, 3.8) is 0 Å². The van der Waals surface area contributed by atoms with E-state index in [2.05, 4.69) is 10.3 Å². The standard InChI is InChI=1S/C28H23ClN2O5S/c1-36-27(34)19-6-4-5-17(13-19)16-37-28(35)24(31-26(33)18-9-11-21(29)12-10-18)14-20-15-25(32)30-23-8-3-2-7-22(20)23/h2-13,15,24H,14,16H2,1H3,(H,30,32)(H,31,33). The van der Waals surface area contributed by atoms with Crippen molar-refractivity contribution in [1.82, 2.24) is 10.3 Å². The van der Waals surface area contributed by atoms with E-state index in [0.29, 0.717) is 27.2 Å². The highest BCUT2D eigenvalue weighted by Crippen LogP contribution is 2.21. The van der Waals surface area contributed by atoms with Gasteiger partial charge in [0.05, 0.1) is 12.7 Å². The largest absolute Gasteiger partial charge is 0.465 e. The molecule has 0 fully saturated rings. The van der Waals surface area contributed by atoms with Crippen LogP contribution in [0.2, 0.25) is 5.02 Å². The molecular weight excluding hydrogens is 512 g/mol. The van der Waals surface area contributed by atoms with Crippen molar-refractivity contribution < 1.29 is 19.1 Å². The van der Waals surface area contributed by atoms with Gasteiger partial charge in [0.15, 0.2) is 0 Å². The number of esters is 1. The molecule has 0 radical (unpaired) electrons. The third-order valence-corrected chi connectivity index (χ3v) is 6.98. The molecule has 3 aromatic carbocycles. The summed E-state index contributed by atoms with van der Waals surface area (Å²) in [6.07, 6.45) is 0.123. The Morgan fingerprint density at radius 3 is 2.49 bits per heavy atom. The smallest absolute Gasteiger partial charge is 0.337 e. The van der Waals surface area contributed by atoms with E-state index in [1.54, 1.807) is 54.6 Å². The van der Waals surface area contributed by atoms with Gasteiger partial charge in [0.25, 0.3) is 5.91 Å². The first-order chi connectivity index (χ1) is 17.8. The zero-order valence-electron chi connectivity index (χ0n) is 19.8. The maximum Gasteiger partial charge on any atom is 0.337 e. The summed E-state index contributed by atoms with van der Waals surface area (Å²) >= 11 is 6.96. The maximum absolute atomic E-state index is 13.4. The summed E-state index contributed by atoms with van der Waals surface area (Å²) in [5.41, 5.74) is 2.49. The fourth-order valence-corrected chi connectivity index (χ4v) is 4.82. The van der Waals surface area contributed by atoms with Gasteiger partial charge in [-0.3, -0.25) is 14.4 Å². The predicted octanol–water partition coefficient (Wildman–Crippen LogP) is 4.77. The van der Waals surface area contributed by atoms with Crippen LogP contribution < -0.4 is 10.9 Å². The zero-order valence-corrected chi connectivity index (χ0v) is 21.4. The molecule has 0 aliphatic carbocycles. The molecule has 0 aliphatic rings. The molecule has 4 aromatic rings. The van der Waals surface area contributed by atoms with E-state index >= 15 is 0 Å². The van der Waals surface area contributed by atoms with Gasteiger partial charge < -0.3 is 15.0 Å². The number of methoxy groups -OCH3 is 1. The lowest BCUT2D eigenvalue weighted by atomic mass is 10.0. The molecule has 188 valence electrons. The minimum atomic E-state index is -0.915. The average Bonchev–Trinajstić information content (AvgIpc) is 2.91. The Bertz CT molecular complexity index is 1520. The van der Waals surface area contributed by atoms with Crippen LogP contribution in [0.5, 0.6) is 0 Å². The van der Waals surface area contributed by atoms with Gasteiger partial charge in [0.1, 0.15) is 6.04 Å². The number of pyridine rings is 1. The van der Waals surface area contributed by atoms with Crippen LogP contribution in [-0.2, 0) is 21.7 Å². The molecule has 1 aromatic heterocycles. The summed E-state index contributed by atoms with van der Waals surface area (Å²) < 4.78 is 4.76. The lowest BCUT2D eigenvalue weighted by Gasteiger charge is -2.19. The fraction of sp³-hybridized carbons (Fsp3) is 0.143. The summed E-state index contributed by atoms with van der Waals surface area (Å²) in [6, 6.07) is 21.0. The monoisotopic (exact) mass is 534 g/mol. The number of hydrogen-bond donors (Lipinski definition) is 2. The van der Waals surface area contributed by atoms with E-state index in [9.17, 15) is 19.2 Å². The molecule has 1 atom stereocenters. The molecule has 9 heteroatoms. The summed E-state index contributed by atoms with van der Waals surface area (Å²) in [7, 11) is 1.31. The second-order valence-corrected chi connectivity index (χ2v) is 9.66. The zero-order chi connectivity index (χ0) is 26.4. The minimum absolute atomic E-state index is 0.123. The summed E-state index contributed by atoms with van der Waals surface area (Å²) in [5, 5.41) is 3.82. The van der Waals surface area contributed by atoms with Gasteiger partial charge in [-0.2, -0.15) is 0 Å². The quantitative estimate of drug-likeness (QED) is 0.315. The molecule has 0 saturated carbocycles. The number of ether oxygens (including phenoxy) is 1. The Morgan fingerprint density at radius 1 is 0.973 bits per heavy atom. The molecular formula is C28H23ClN2O5S. The number of H-pyrrole nitrogens is 1. The van der Waals surface area contributed by atoms with Crippen LogP contribution in [0.15, 0.2) is 83.7 Å². The number of benzene rings is 3. The van der Waals surface area contributed by atoms with Crippen LogP contribution in [-0.4, -0.2) is 35.1 Å². The average molecular weight is 535 g/mol. The van der Waals surface area contributed by atoms with Crippen molar-refractivity contribution in [3.05, 3.63) is 116 Å². The number of para-hydroxylation sites is 1. The SMILES string of the molecule is COC(=O)c1cccc(CSC(=O)C(Cc2cc(=O)[nH]c3ccccc23)NC(=O)c2ccc(Cl)cc2)c1. The lowest BCUT2D eigenvalue weighted by molar-refractivity contribution is -0.112. The number of aromatic nitrogens is 1. The van der Waals surface area contributed by atoms with Crippen molar-refractivity contribution in [2.45, 2.75) is 18.2 Å². The molecule has 0 saturated heterocycles. The van der Waals surface area contributed by atoms with Crippen molar-refractivity contribution in [2.75, 3.05) is 7.11 Å². The number of hydrogen-bond acceptors (Lipinski definition) is 6. The highest BCUT2D eigenvalue weighted by Gasteiger charge is 2.24. The molecule has 1 amide bonds. The van der Waals surface area contributed by atoms with Crippen molar-refractivity contribution >= 4 is 51.3 Å². The Hall–Kier alpha value is -3.88. The van der Waals surface area contributed by atoms with Crippen molar-refractivity contribution in [2.24, 2.45) is 0 Å². The molecule has 2 N–H and O–H groups in total. The second kappa shape index (κ2) is 11.9. The Balaban J connectivity index is 1.59. The van der Waals surface area contributed by atoms with Gasteiger partial charge in [-0.15, -0.1) is 0 Å². The fourth-order valence-electron chi connectivity index (χ4n) is 3.86. The van der Waals surface area contributed by atoms with Crippen LogP contribution in [0.1, 0.15) is 31.8 Å². The first kappa shape index (κ1) is 26.2. The topological polar surface area (TPSA) is 105 Å². The molecule has 1 heterocycles. The normalized spacial score (nSPS) is 11.6. The van der Waals surface area contributed by atoms with E-state index in [4.69, 9.17) is 16.3 Å². The van der Waals surface area contributed by atoms with E-state index in [1.165, 1.54) is 13.2 Å². The number of thioether (sulfide) groups is 1. The van der Waals surface area contributed by atoms with Crippen LogP contribution in [0.3, 0.4) is 0 Å². The summed E-state index contributed by atoms with van der Waals surface area (Å²) in [4.78, 5) is 53.3. The van der Waals surface area contributed by atoms with Crippen LogP contribution in [0, 0.1) is 0 Å². The molecule has 0 spiro atoms. The van der Waals surface area contributed by atoms with E-state index in [1.807, 2.05) is 18.2 Å². The third-order valence-electron chi connectivity index (χ3n) is 5.69. The number of rotatable bonds is 8. The maximum atomic E-state index is 13.4. The van der Waals surface area contributed by atoms with Gasteiger partial charge in [-0.05, 0) is 53.6 Å². The predicted molar refractivity (Wildman–Crippen MR) is 145 cm³/mol. The molecule has 1 unspecified atom stereocenters. The third kappa shape index (κ3) is 6.67. The van der Waals surface area contributed by atoms with Crippen molar-refractivity contribution in [1.29, 1.82) is 0 Å². The van der Waals surface area contributed by atoms with Gasteiger partial charge in [0.2, 0.25) is 10.7 Å². The van der Waals surface area contributed by atoms with Gasteiger partial charge in [-0.25, -0.2) is 4.79 Å². The van der Waals surface area contributed by atoms with E-state index in [-0.39, 0.29) is 22.8 Å². The molecule has 0 aliphatic heterocycles. The molecule has 7 nitrogen and oxygen atoms in total. The van der Waals surface area contributed by atoms with E-state index < -0.39 is 17.9 Å². The summed E-state index contributed by atoms with van der Waals surface area (Å²) in [5.74, 6) is -0.613. The second-order valence-electron chi connectivity index (χ2n) is 8.24. The van der Waals surface area contributed by atoms with Crippen molar-refractivity contribution in [3.8, 4) is 0 Å². The van der Waals surface area contributed by atoms with Gasteiger partial charge in [-0.1, -0.05) is 53.7 Å². The number of amides is 1. The number of carbonyl (C=O) groups is 3. The number of aromatic amines is 1. The number of nitrogens with one attached hydrogen (secondary N) is 2. The minimum Gasteiger partial charge on any atom is -0.465 e. The number of halogens is 1.